The number of anilines is 1. The second-order valence-electron chi connectivity index (χ2n) is 3.80. The van der Waals surface area contributed by atoms with Crippen molar-refractivity contribution in [3.63, 3.8) is 0 Å². The average Bonchev–Trinajstić information content (AvgIpc) is 2.67. The van der Waals surface area contributed by atoms with Crippen LogP contribution in [0, 0.1) is 0 Å². The molecule has 0 radical (unpaired) electrons. The number of nitrogens with zero attached hydrogens (tertiary/aromatic N) is 2. The van der Waals surface area contributed by atoms with E-state index in [9.17, 15) is 0 Å². The Morgan fingerprint density at radius 3 is 3.06 bits per heavy atom. The quantitative estimate of drug-likeness (QED) is 0.618. The number of hydrogen-bond donors (Lipinski definition) is 1. The van der Waals surface area contributed by atoms with Gasteiger partial charge in [-0.15, -0.1) is 0 Å². The molecule has 0 spiro atoms. The smallest absolute Gasteiger partial charge is 0.0703 e. The van der Waals surface area contributed by atoms with Gasteiger partial charge in [0.1, 0.15) is 0 Å². The Labute approximate surface area is 95.0 Å². The molecule has 0 saturated heterocycles. The van der Waals surface area contributed by atoms with Gasteiger partial charge >= 0.3 is 0 Å². The molecule has 0 fully saturated rings. The summed E-state index contributed by atoms with van der Waals surface area (Å²) >= 11 is 0. The fraction of sp³-hybridized carbons (Fsp3) is 0.417. The van der Waals surface area contributed by atoms with Crippen LogP contribution in [0.25, 0.3) is 10.9 Å². The standard InChI is InChI=1S/C12H17N3O/c1-2-6-16-7-5-15-12-8-11(13)4-3-10(12)9-14-15/h3-4,8-9H,2,5-7,13H2,1H3. The Bertz CT molecular complexity index is 464. The van der Waals surface area contributed by atoms with E-state index in [-0.39, 0.29) is 0 Å². The van der Waals surface area contributed by atoms with Gasteiger partial charge in [0.2, 0.25) is 0 Å². The van der Waals surface area contributed by atoms with E-state index >= 15 is 0 Å². The zero-order chi connectivity index (χ0) is 11.4. The molecular formula is C12H17N3O. The predicted molar refractivity (Wildman–Crippen MR) is 65.3 cm³/mol. The molecule has 0 amide bonds. The van der Waals surface area contributed by atoms with E-state index in [4.69, 9.17) is 10.5 Å². The van der Waals surface area contributed by atoms with Gasteiger partial charge in [-0.2, -0.15) is 5.10 Å². The van der Waals surface area contributed by atoms with Crippen LogP contribution >= 0.6 is 0 Å². The molecule has 0 bridgehead atoms. The van der Waals surface area contributed by atoms with Crippen LogP contribution in [-0.4, -0.2) is 23.0 Å². The molecule has 1 aromatic carbocycles. The summed E-state index contributed by atoms with van der Waals surface area (Å²) in [5.41, 5.74) is 7.59. The molecule has 2 aromatic rings. The minimum Gasteiger partial charge on any atom is -0.399 e. The number of rotatable bonds is 5. The first-order valence-corrected chi connectivity index (χ1v) is 5.60. The number of fused-ring (bicyclic) bond motifs is 1. The van der Waals surface area contributed by atoms with Crippen molar-refractivity contribution < 1.29 is 4.74 Å². The molecule has 86 valence electrons. The summed E-state index contributed by atoms with van der Waals surface area (Å²) < 4.78 is 7.38. The van der Waals surface area contributed by atoms with Crippen molar-refractivity contribution in [2.45, 2.75) is 19.9 Å². The number of ether oxygens (including phenoxy) is 1. The molecule has 4 heteroatoms. The maximum absolute atomic E-state index is 5.76. The van der Waals surface area contributed by atoms with E-state index in [2.05, 4.69) is 12.0 Å². The first kappa shape index (κ1) is 11.0. The van der Waals surface area contributed by atoms with E-state index in [1.54, 1.807) is 0 Å². The highest BCUT2D eigenvalue weighted by Crippen LogP contribution is 2.16. The topological polar surface area (TPSA) is 53.1 Å². The second kappa shape index (κ2) is 4.99. The van der Waals surface area contributed by atoms with Crippen LogP contribution in [0.2, 0.25) is 0 Å². The molecule has 0 unspecified atom stereocenters. The van der Waals surface area contributed by atoms with Gasteiger partial charge in [-0.05, 0) is 24.6 Å². The normalized spacial score (nSPS) is 11.1. The summed E-state index contributed by atoms with van der Waals surface area (Å²) in [6, 6.07) is 5.82. The number of benzene rings is 1. The average molecular weight is 219 g/mol. The van der Waals surface area contributed by atoms with E-state index < -0.39 is 0 Å². The van der Waals surface area contributed by atoms with Gasteiger partial charge in [0.05, 0.1) is 24.9 Å². The van der Waals surface area contributed by atoms with Crippen LogP contribution in [0.4, 0.5) is 5.69 Å². The van der Waals surface area contributed by atoms with Gasteiger partial charge < -0.3 is 10.5 Å². The molecular weight excluding hydrogens is 202 g/mol. The van der Waals surface area contributed by atoms with Gasteiger partial charge in [0.25, 0.3) is 0 Å². The Morgan fingerprint density at radius 2 is 2.25 bits per heavy atom. The summed E-state index contributed by atoms with van der Waals surface area (Å²) in [5, 5.41) is 5.43. The molecule has 0 aliphatic carbocycles. The van der Waals surface area contributed by atoms with Crippen LogP contribution < -0.4 is 5.73 Å². The molecule has 0 aliphatic heterocycles. The van der Waals surface area contributed by atoms with Crippen LogP contribution in [0.1, 0.15) is 13.3 Å². The van der Waals surface area contributed by atoms with E-state index in [1.807, 2.05) is 29.1 Å². The molecule has 1 aromatic heterocycles. The zero-order valence-electron chi connectivity index (χ0n) is 9.52. The van der Waals surface area contributed by atoms with E-state index in [0.29, 0.717) is 6.61 Å². The molecule has 2 rings (SSSR count). The van der Waals surface area contributed by atoms with Gasteiger partial charge in [0.15, 0.2) is 0 Å². The Morgan fingerprint density at radius 1 is 1.38 bits per heavy atom. The lowest BCUT2D eigenvalue weighted by molar-refractivity contribution is 0.125. The van der Waals surface area contributed by atoms with Gasteiger partial charge in [-0.25, -0.2) is 0 Å². The zero-order valence-corrected chi connectivity index (χ0v) is 9.52. The fourth-order valence-corrected chi connectivity index (χ4v) is 1.66. The number of aromatic nitrogens is 2. The molecule has 0 aliphatic rings. The van der Waals surface area contributed by atoms with Crippen molar-refractivity contribution in [2.24, 2.45) is 0 Å². The number of nitrogen functional groups attached to an aromatic ring is 1. The van der Waals surface area contributed by atoms with Crippen molar-refractivity contribution >= 4 is 16.6 Å². The van der Waals surface area contributed by atoms with Crippen molar-refractivity contribution in [1.29, 1.82) is 0 Å². The maximum Gasteiger partial charge on any atom is 0.0703 e. The SMILES string of the molecule is CCCOCCn1ncc2ccc(N)cc21. The lowest BCUT2D eigenvalue weighted by Gasteiger charge is -2.04. The third-order valence-electron chi connectivity index (χ3n) is 2.46. The molecule has 2 N–H and O–H groups in total. The molecule has 4 nitrogen and oxygen atoms in total. The summed E-state index contributed by atoms with van der Waals surface area (Å²) in [7, 11) is 0. The van der Waals surface area contributed by atoms with Crippen molar-refractivity contribution in [2.75, 3.05) is 18.9 Å². The summed E-state index contributed by atoms with van der Waals surface area (Å²) in [6.07, 6.45) is 2.90. The predicted octanol–water partition coefficient (Wildman–Crippen LogP) is 2.05. The Kier molecular flexibility index (Phi) is 3.41. The molecule has 16 heavy (non-hydrogen) atoms. The second-order valence-corrected chi connectivity index (χ2v) is 3.80. The highest BCUT2D eigenvalue weighted by molar-refractivity contribution is 5.81. The van der Waals surface area contributed by atoms with Crippen LogP contribution in [0.3, 0.4) is 0 Å². The molecule has 1 heterocycles. The lowest BCUT2D eigenvalue weighted by atomic mass is 10.2. The van der Waals surface area contributed by atoms with E-state index in [0.717, 1.165) is 36.2 Å². The highest BCUT2D eigenvalue weighted by atomic mass is 16.5. The van der Waals surface area contributed by atoms with E-state index in [1.165, 1.54) is 0 Å². The maximum atomic E-state index is 5.76. The van der Waals surface area contributed by atoms with Gasteiger partial charge in [-0.1, -0.05) is 6.92 Å². The first-order chi connectivity index (χ1) is 7.81. The first-order valence-electron chi connectivity index (χ1n) is 5.60. The number of nitrogens with two attached hydrogens (primary N) is 1. The molecule has 0 saturated carbocycles. The summed E-state index contributed by atoms with van der Waals surface area (Å²) in [6.45, 7) is 4.37. The molecule has 0 atom stereocenters. The third kappa shape index (κ3) is 2.33. The van der Waals surface area contributed by atoms with Crippen LogP contribution in [-0.2, 0) is 11.3 Å². The largest absolute Gasteiger partial charge is 0.399 e. The van der Waals surface area contributed by atoms with Crippen molar-refractivity contribution in [1.82, 2.24) is 9.78 Å². The van der Waals surface area contributed by atoms with Crippen LogP contribution in [0.5, 0.6) is 0 Å². The Hall–Kier alpha value is -1.55. The minimum atomic E-state index is 0.694. The lowest BCUT2D eigenvalue weighted by Crippen LogP contribution is -2.07. The van der Waals surface area contributed by atoms with Crippen LogP contribution in [0.15, 0.2) is 24.4 Å². The third-order valence-corrected chi connectivity index (χ3v) is 2.46. The Balaban J connectivity index is 2.09. The summed E-state index contributed by atoms with van der Waals surface area (Å²) in [5.74, 6) is 0. The number of hydrogen-bond acceptors (Lipinski definition) is 3. The summed E-state index contributed by atoms with van der Waals surface area (Å²) in [4.78, 5) is 0. The van der Waals surface area contributed by atoms with Crippen molar-refractivity contribution in [3.8, 4) is 0 Å². The highest BCUT2D eigenvalue weighted by Gasteiger charge is 2.02. The fourth-order valence-electron chi connectivity index (χ4n) is 1.66. The minimum absolute atomic E-state index is 0.694. The monoisotopic (exact) mass is 219 g/mol. The van der Waals surface area contributed by atoms with Gasteiger partial charge in [-0.3, -0.25) is 4.68 Å². The van der Waals surface area contributed by atoms with Crippen molar-refractivity contribution in [3.05, 3.63) is 24.4 Å². The van der Waals surface area contributed by atoms with Gasteiger partial charge in [0, 0.05) is 17.7 Å².